The molecular formula is C30H45N5O5. The van der Waals surface area contributed by atoms with Crippen molar-refractivity contribution in [1.29, 1.82) is 0 Å². The van der Waals surface area contributed by atoms with E-state index in [4.69, 9.17) is 9.84 Å². The first-order chi connectivity index (χ1) is 19.0. The van der Waals surface area contributed by atoms with E-state index in [9.17, 15) is 14.4 Å². The number of rotatable bonds is 10. The Hall–Kier alpha value is -2.88. The first-order valence-electron chi connectivity index (χ1n) is 14.9. The van der Waals surface area contributed by atoms with Crippen molar-refractivity contribution in [3.05, 3.63) is 17.8 Å². The Morgan fingerprint density at radius 2 is 1.70 bits per heavy atom. The molecule has 5 fully saturated rings. The van der Waals surface area contributed by atoms with Gasteiger partial charge in [-0.05, 0) is 75.5 Å². The van der Waals surface area contributed by atoms with E-state index in [1.165, 1.54) is 32.1 Å². The van der Waals surface area contributed by atoms with Gasteiger partial charge in [-0.25, -0.2) is 4.68 Å². The Balaban J connectivity index is 1.27. The summed E-state index contributed by atoms with van der Waals surface area (Å²) < 4.78 is 7.69. The molecule has 2 heterocycles. The van der Waals surface area contributed by atoms with Crippen molar-refractivity contribution >= 4 is 24.0 Å². The number of nitrogens with zero attached hydrogens (tertiary/aromatic N) is 4. The Kier molecular flexibility index (Phi) is 8.27. The van der Waals surface area contributed by atoms with Gasteiger partial charge in [0.1, 0.15) is 5.56 Å². The molecule has 1 aliphatic heterocycles. The molecule has 10 heteroatoms. The van der Waals surface area contributed by atoms with Crippen molar-refractivity contribution in [1.82, 2.24) is 24.9 Å². The van der Waals surface area contributed by atoms with Crippen molar-refractivity contribution in [3.8, 4) is 5.88 Å². The average molecular weight is 556 g/mol. The minimum Gasteiger partial charge on any atom is -0.480 e. The van der Waals surface area contributed by atoms with Gasteiger partial charge >= 0.3 is 5.97 Å². The van der Waals surface area contributed by atoms with Gasteiger partial charge in [-0.3, -0.25) is 19.3 Å². The fraction of sp³-hybridized carbons (Fsp3) is 0.733. The molecule has 0 aromatic carbocycles. The van der Waals surface area contributed by atoms with E-state index >= 15 is 0 Å². The minimum atomic E-state index is -0.858. The molecule has 2 amide bonds. The molecule has 1 aromatic heterocycles. The lowest BCUT2D eigenvalue weighted by Gasteiger charge is -2.54. The SMILES string of the molecule is CC(C)COc1c(C(=O)NC2C3CC4CC(C3)CC2C4)cnn1C=CC(C)(C)C(=O)N1CCN(CC(=O)O)CC1. The van der Waals surface area contributed by atoms with Crippen LogP contribution in [0.1, 0.15) is 70.2 Å². The Morgan fingerprint density at radius 3 is 2.27 bits per heavy atom. The van der Waals surface area contributed by atoms with E-state index in [1.807, 2.05) is 18.7 Å². The number of amides is 2. The van der Waals surface area contributed by atoms with Gasteiger partial charge in [0, 0.05) is 38.4 Å². The highest BCUT2D eigenvalue weighted by molar-refractivity contribution is 5.96. The van der Waals surface area contributed by atoms with Gasteiger partial charge in [0.05, 0.1) is 24.8 Å². The summed E-state index contributed by atoms with van der Waals surface area (Å²) in [7, 11) is 0. The van der Waals surface area contributed by atoms with Crippen LogP contribution in [0.4, 0.5) is 0 Å². The van der Waals surface area contributed by atoms with Crippen molar-refractivity contribution in [2.75, 3.05) is 39.3 Å². The molecule has 10 nitrogen and oxygen atoms in total. The highest BCUT2D eigenvalue weighted by Gasteiger charge is 2.48. The van der Waals surface area contributed by atoms with Crippen LogP contribution in [0.25, 0.3) is 6.20 Å². The monoisotopic (exact) mass is 555 g/mol. The highest BCUT2D eigenvalue weighted by Crippen LogP contribution is 2.53. The number of hydrogen-bond donors (Lipinski definition) is 2. The Morgan fingerprint density at radius 1 is 1.07 bits per heavy atom. The van der Waals surface area contributed by atoms with Gasteiger partial charge in [0.2, 0.25) is 11.8 Å². The molecule has 4 bridgehead atoms. The topological polar surface area (TPSA) is 117 Å². The Bertz CT molecular complexity index is 1110. The number of aromatic nitrogens is 2. The molecule has 1 saturated heterocycles. The Labute approximate surface area is 237 Å². The van der Waals surface area contributed by atoms with Gasteiger partial charge < -0.3 is 20.1 Å². The summed E-state index contributed by atoms with van der Waals surface area (Å²) in [4.78, 5) is 41.5. The maximum atomic E-state index is 13.6. The van der Waals surface area contributed by atoms with E-state index in [2.05, 4.69) is 24.3 Å². The first-order valence-corrected chi connectivity index (χ1v) is 14.9. The maximum absolute atomic E-state index is 13.6. The third-order valence-electron chi connectivity index (χ3n) is 9.27. The van der Waals surface area contributed by atoms with Crippen LogP contribution in [0.3, 0.4) is 0 Å². The molecule has 6 rings (SSSR count). The van der Waals surface area contributed by atoms with Crippen LogP contribution in [-0.2, 0) is 9.59 Å². The normalized spacial score (nSPS) is 28.4. The van der Waals surface area contributed by atoms with Crippen molar-refractivity contribution in [3.63, 3.8) is 0 Å². The molecule has 0 radical (unpaired) electrons. The number of piperazine rings is 1. The van der Waals surface area contributed by atoms with Gasteiger partial charge in [0.25, 0.3) is 5.91 Å². The number of carbonyl (C=O) groups excluding carboxylic acids is 2. The molecule has 4 aliphatic carbocycles. The van der Waals surface area contributed by atoms with Crippen LogP contribution in [0.15, 0.2) is 12.3 Å². The smallest absolute Gasteiger partial charge is 0.317 e. The summed E-state index contributed by atoms with van der Waals surface area (Å²) in [6.07, 6.45) is 11.4. The second kappa shape index (κ2) is 11.5. The van der Waals surface area contributed by atoms with E-state index < -0.39 is 11.4 Å². The zero-order valence-electron chi connectivity index (χ0n) is 24.3. The molecule has 0 atom stereocenters. The van der Waals surface area contributed by atoms with Crippen LogP contribution in [0.2, 0.25) is 0 Å². The number of aliphatic carboxylic acids is 1. The van der Waals surface area contributed by atoms with Crippen molar-refractivity contribution in [2.24, 2.45) is 35.0 Å². The quantitative estimate of drug-likeness (QED) is 0.455. The van der Waals surface area contributed by atoms with E-state index in [1.54, 1.807) is 28.1 Å². The number of carboxylic acids is 1. The number of ether oxygens (including phenoxy) is 1. The maximum Gasteiger partial charge on any atom is 0.317 e. The van der Waals surface area contributed by atoms with Gasteiger partial charge in [-0.2, -0.15) is 5.10 Å². The summed E-state index contributed by atoms with van der Waals surface area (Å²) in [5.41, 5.74) is -0.392. The summed E-state index contributed by atoms with van der Waals surface area (Å²) >= 11 is 0. The van der Waals surface area contributed by atoms with E-state index in [0.717, 1.165) is 11.8 Å². The molecule has 4 saturated carbocycles. The van der Waals surface area contributed by atoms with Crippen LogP contribution < -0.4 is 10.1 Å². The predicted molar refractivity (Wildman–Crippen MR) is 151 cm³/mol. The van der Waals surface area contributed by atoms with Crippen LogP contribution in [0.5, 0.6) is 5.88 Å². The molecule has 1 aromatic rings. The lowest BCUT2D eigenvalue weighted by Crippen LogP contribution is -2.55. The van der Waals surface area contributed by atoms with Gasteiger partial charge in [-0.1, -0.05) is 19.9 Å². The third-order valence-corrected chi connectivity index (χ3v) is 9.27. The zero-order valence-corrected chi connectivity index (χ0v) is 24.3. The standard InChI is InChI=1S/C30H45N5O5/c1-19(2)18-40-28-24(27(38)32-26-22-12-20-11-21(14-22)15-23(26)13-20)16-31-35(28)6-5-30(3,4)29(39)34-9-7-33(8-10-34)17-25(36)37/h5-6,16,19-23,26H,7-15,17-18H2,1-4H3,(H,32,38)(H,36,37). The number of carbonyl (C=O) groups is 3. The fourth-order valence-corrected chi connectivity index (χ4v) is 7.43. The highest BCUT2D eigenvalue weighted by atomic mass is 16.5. The average Bonchev–Trinajstić information content (AvgIpc) is 3.30. The second-order valence-corrected chi connectivity index (χ2v) is 13.4. The number of hydrogen-bond acceptors (Lipinski definition) is 6. The van der Waals surface area contributed by atoms with Crippen molar-refractivity contribution in [2.45, 2.75) is 65.8 Å². The summed E-state index contributed by atoms with van der Waals surface area (Å²) in [5.74, 6) is 2.48. The molecule has 0 unspecified atom stereocenters. The molecule has 5 aliphatic rings. The molecule has 220 valence electrons. The van der Waals surface area contributed by atoms with Crippen LogP contribution >= 0.6 is 0 Å². The molecule has 2 N–H and O–H groups in total. The number of nitrogens with one attached hydrogen (secondary N) is 1. The lowest BCUT2D eigenvalue weighted by molar-refractivity contribution is -0.141. The van der Waals surface area contributed by atoms with Crippen LogP contribution in [0, 0.1) is 35.0 Å². The largest absolute Gasteiger partial charge is 0.480 e. The van der Waals surface area contributed by atoms with E-state index in [0.29, 0.717) is 56.1 Å². The van der Waals surface area contributed by atoms with Crippen molar-refractivity contribution < 1.29 is 24.2 Å². The molecular weight excluding hydrogens is 510 g/mol. The second-order valence-electron chi connectivity index (χ2n) is 13.4. The van der Waals surface area contributed by atoms with E-state index in [-0.39, 0.29) is 30.3 Å². The van der Waals surface area contributed by atoms with Gasteiger partial charge in [-0.15, -0.1) is 0 Å². The summed E-state index contributed by atoms with van der Waals surface area (Å²) in [6.45, 7) is 10.3. The first kappa shape index (κ1) is 28.6. The predicted octanol–water partition coefficient (Wildman–Crippen LogP) is 3.20. The minimum absolute atomic E-state index is 0.0111. The van der Waals surface area contributed by atoms with Crippen LogP contribution in [-0.4, -0.2) is 87.8 Å². The van der Waals surface area contributed by atoms with Gasteiger partial charge in [0.15, 0.2) is 0 Å². The molecule has 0 spiro atoms. The molecule has 40 heavy (non-hydrogen) atoms. The fourth-order valence-electron chi connectivity index (χ4n) is 7.43. The third kappa shape index (κ3) is 6.21. The zero-order chi connectivity index (χ0) is 28.6. The number of carboxylic acid groups (broad SMARTS) is 1. The lowest BCUT2D eigenvalue weighted by atomic mass is 9.54. The summed E-state index contributed by atoms with van der Waals surface area (Å²) in [6, 6.07) is 0.227. The summed E-state index contributed by atoms with van der Waals surface area (Å²) in [5, 5.41) is 16.9.